The normalized spacial score (nSPS) is 16.9. The van der Waals surface area contributed by atoms with Crippen molar-refractivity contribution in [2.75, 3.05) is 13.1 Å². The first kappa shape index (κ1) is 14.0. The van der Waals surface area contributed by atoms with Crippen molar-refractivity contribution in [2.45, 2.75) is 19.0 Å². The van der Waals surface area contributed by atoms with Crippen LogP contribution in [0.4, 0.5) is 4.39 Å². The van der Waals surface area contributed by atoms with Gasteiger partial charge in [-0.2, -0.15) is 0 Å². The van der Waals surface area contributed by atoms with Gasteiger partial charge in [-0.3, -0.25) is 4.90 Å². The summed E-state index contributed by atoms with van der Waals surface area (Å²) in [4.78, 5) is 3.69. The van der Waals surface area contributed by atoms with E-state index >= 15 is 0 Å². The molecule has 2 N–H and O–H groups in total. The van der Waals surface area contributed by atoms with Crippen molar-refractivity contribution in [1.29, 1.82) is 0 Å². The molecule has 5 heteroatoms. The molecule has 1 atom stereocenters. The average Bonchev–Trinajstić information content (AvgIpc) is 2.89. The molecule has 0 aliphatic carbocycles. The van der Waals surface area contributed by atoms with Gasteiger partial charge < -0.3 is 5.73 Å². The number of fused-ring (bicyclic) bond motifs is 1. The smallest absolute Gasteiger partial charge is 0.129 e. The Bertz CT molecular complexity index is 614. The molecule has 1 aromatic heterocycles. The summed E-state index contributed by atoms with van der Waals surface area (Å²) in [6, 6.07) is 6.89. The first-order chi connectivity index (χ1) is 9.69. The van der Waals surface area contributed by atoms with E-state index in [1.165, 1.54) is 16.5 Å². The van der Waals surface area contributed by atoms with Crippen molar-refractivity contribution in [3.05, 3.63) is 56.5 Å². The van der Waals surface area contributed by atoms with Crippen LogP contribution in [0.3, 0.4) is 0 Å². The zero-order valence-corrected chi connectivity index (χ0v) is 12.6. The van der Waals surface area contributed by atoms with Crippen molar-refractivity contribution in [1.82, 2.24) is 4.90 Å². The maximum atomic E-state index is 14.1. The minimum absolute atomic E-state index is 0.0969. The van der Waals surface area contributed by atoms with Gasteiger partial charge in [-0.25, -0.2) is 4.39 Å². The lowest BCUT2D eigenvalue weighted by Gasteiger charge is -2.34. The molecular formula is C15H16ClFN2S. The fraction of sp³-hybridized carbons (Fsp3) is 0.333. The Morgan fingerprint density at radius 1 is 1.40 bits per heavy atom. The van der Waals surface area contributed by atoms with Crippen LogP contribution in [0.5, 0.6) is 0 Å². The van der Waals surface area contributed by atoms with Gasteiger partial charge in [-0.1, -0.05) is 17.7 Å². The topological polar surface area (TPSA) is 29.3 Å². The first-order valence-electron chi connectivity index (χ1n) is 6.63. The van der Waals surface area contributed by atoms with Gasteiger partial charge in [0, 0.05) is 35.1 Å². The first-order valence-corrected chi connectivity index (χ1v) is 7.89. The molecule has 2 nitrogen and oxygen atoms in total. The Kier molecular flexibility index (Phi) is 4.08. The highest BCUT2D eigenvalue weighted by Crippen LogP contribution is 2.31. The maximum absolute atomic E-state index is 14.1. The summed E-state index contributed by atoms with van der Waals surface area (Å²) in [7, 11) is 0. The van der Waals surface area contributed by atoms with Crippen molar-refractivity contribution in [3.8, 4) is 0 Å². The van der Waals surface area contributed by atoms with E-state index < -0.39 is 0 Å². The van der Waals surface area contributed by atoms with E-state index in [0.29, 0.717) is 17.1 Å². The summed E-state index contributed by atoms with van der Waals surface area (Å²) in [6.07, 6.45) is 1.01. The molecule has 20 heavy (non-hydrogen) atoms. The number of nitrogens with two attached hydrogens (primary N) is 1. The van der Waals surface area contributed by atoms with E-state index in [1.807, 2.05) is 0 Å². The molecule has 0 saturated heterocycles. The number of rotatable bonds is 3. The van der Waals surface area contributed by atoms with Crippen LogP contribution in [0, 0.1) is 5.82 Å². The maximum Gasteiger partial charge on any atom is 0.129 e. The quantitative estimate of drug-likeness (QED) is 0.938. The van der Waals surface area contributed by atoms with Gasteiger partial charge in [0.05, 0.1) is 6.04 Å². The largest absolute Gasteiger partial charge is 0.329 e. The monoisotopic (exact) mass is 310 g/mol. The zero-order valence-electron chi connectivity index (χ0n) is 11.0. The van der Waals surface area contributed by atoms with Crippen LogP contribution in [-0.4, -0.2) is 18.0 Å². The lowest BCUT2D eigenvalue weighted by atomic mass is 10.0. The molecule has 1 unspecified atom stereocenters. The molecule has 0 saturated carbocycles. The van der Waals surface area contributed by atoms with E-state index in [-0.39, 0.29) is 11.9 Å². The molecule has 1 aliphatic heterocycles. The minimum Gasteiger partial charge on any atom is -0.329 e. The third kappa shape index (κ3) is 2.61. The molecule has 2 heterocycles. The molecule has 1 aromatic carbocycles. The second kappa shape index (κ2) is 5.82. The van der Waals surface area contributed by atoms with Crippen molar-refractivity contribution in [3.63, 3.8) is 0 Å². The standard InChI is InChI=1S/C15H16ClFN2S/c16-11-1-2-12(13(17)7-11)14(8-18)19-5-3-15-10(9-19)4-6-20-15/h1-2,4,6-7,14H,3,5,8-9,18H2. The third-order valence-corrected chi connectivity index (χ3v) is 5.08. The van der Waals surface area contributed by atoms with E-state index in [9.17, 15) is 4.39 Å². The Morgan fingerprint density at radius 3 is 3.00 bits per heavy atom. The molecule has 1 aliphatic rings. The molecule has 0 amide bonds. The Labute approximate surface area is 127 Å². The summed E-state index contributed by atoms with van der Waals surface area (Å²) >= 11 is 7.62. The number of hydrogen-bond acceptors (Lipinski definition) is 3. The lowest BCUT2D eigenvalue weighted by molar-refractivity contribution is 0.181. The van der Waals surface area contributed by atoms with Crippen molar-refractivity contribution >= 4 is 22.9 Å². The van der Waals surface area contributed by atoms with E-state index in [2.05, 4.69) is 16.3 Å². The van der Waals surface area contributed by atoms with Gasteiger partial charge in [0.25, 0.3) is 0 Å². The van der Waals surface area contributed by atoms with Crippen LogP contribution < -0.4 is 5.73 Å². The highest BCUT2D eigenvalue weighted by molar-refractivity contribution is 7.10. The van der Waals surface area contributed by atoms with Crippen LogP contribution in [0.25, 0.3) is 0 Å². The van der Waals surface area contributed by atoms with Gasteiger partial charge >= 0.3 is 0 Å². The number of halogens is 2. The van der Waals surface area contributed by atoms with Gasteiger partial charge in [0.15, 0.2) is 0 Å². The Morgan fingerprint density at radius 2 is 2.25 bits per heavy atom. The molecule has 0 radical (unpaired) electrons. The molecule has 0 fully saturated rings. The second-order valence-corrected chi connectivity index (χ2v) is 6.44. The Balaban J connectivity index is 1.87. The number of benzene rings is 1. The van der Waals surface area contributed by atoms with Crippen LogP contribution in [0.1, 0.15) is 22.0 Å². The van der Waals surface area contributed by atoms with E-state index in [1.54, 1.807) is 23.5 Å². The number of thiophene rings is 1. The molecule has 3 rings (SSSR count). The fourth-order valence-electron chi connectivity index (χ4n) is 2.78. The number of nitrogens with zero attached hydrogens (tertiary/aromatic N) is 1. The summed E-state index contributed by atoms with van der Waals surface area (Å²) in [5, 5.41) is 2.54. The summed E-state index contributed by atoms with van der Waals surface area (Å²) < 4.78 is 14.1. The van der Waals surface area contributed by atoms with Crippen LogP contribution >= 0.6 is 22.9 Å². The van der Waals surface area contributed by atoms with E-state index in [4.69, 9.17) is 17.3 Å². The van der Waals surface area contributed by atoms with Gasteiger partial charge in [0.2, 0.25) is 0 Å². The molecule has 0 bridgehead atoms. The van der Waals surface area contributed by atoms with E-state index in [0.717, 1.165) is 19.5 Å². The average molecular weight is 311 g/mol. The van der Waals surface area contributed by atoms with Gasteiger partial charge in [-0.15, -0.1) is 11.3 Å². The molecular weight excluding hydrogens is 295 g/mol. The third-order valence-electron chi connectivity index (χ3n) is 3.82. The molecule has 0 spiro atoms. The minimum atomic E-state index is -0.274. The van der Waals surface area contributed by atoms with Crippen LogP contribution in [0.2, 0.25) is 5.02 Å². The second-order valence-electron chi connectivity index (χ2n) is 5.01. The van der Waals surface area contributed by atoms with Gasteiger partial charge in [0.1, 0.15) is 5.82 Å². The predicted octanol–water partition coefficient (Wildman–Crippen LogP) is 3.60. The van der Waals surface area contributed by atoms with Crippen LogP contribution in [0.15, 0.2) is 29.6 Å². The number of hydrogen-bond donors (Lipinski definition) is 1. The van der Waals surface area contributed by atoms with Gasteiger partial charge in [-0.05, 0) is 35.6 Å². The Hall–Kier alpha value is -0.940. The van der Waals surface area contributed by atoms with Crippen molar-refractivity contribution < 1.29 is 4.39 Å². The fourth-order valence-corrected chi connectivity index (χ4v) is 3.83. The summed E-state index contributed by atoms with van der Waals surface area (Å²) in [6.45, 7) is 2.15. The lowest BCUT2D eigenvalue weighted by Crippen LogP contribution is -2.37. The SMILES string of the molecule is NCC(c1ccc(Cl)cc1F)N1CCc2sccc2C1. The predicted molar refractivity (Wildman–Crippen MR) is 81.6 cm³/mol. The summed E-state index contributed by atoms with van der Waals surface area (Å²) in [5.41, 5.74) is 7.88. The van der Waals surface area contributed by atoms with Crippen LogP contribution in [-0.2, 0) is 13.0 Å². The summed E-state index contributed by atoms with van der Waals surface area (Å²) in [5.74, 6) is -0.274. The molecule has 106 valence electrons. The highest BCUT2D eigenvalue weighted by atomic mass is 35.5. The van der Waals surface area contributed by atoms with Crippen molar-refractivity contribution in [2.24, 2.45) is 5.73 Å². The molecule has 2 aromatic rings. The zero-order chi connectivity index (χ0) is 14.1. The highest BCUT2D eigenvalue weighted by Gasteiger charge is 2.26.